The number of nitrogens with two attached hydrogens (primary N) is 1. The first kappa shape index (κ1) is 26.5. The zero-order valence-corrected chi connectivity index (χ0v) is 22.9. The summed E-state index contributed by atoms with van der Waals surface area (Å²) in [5.74, 6) is 0.797. The van der Waals surface area contributed by atoms with Crippen molar-refractivity contribution in [1.82, 2.24) is 14.9 Å². The standard InChI is InChI=1S/C32H32N6O3/c1-21-2-3-24(16-29(21)36-31(39)25-8-9-30(35-17-25)37-12-14-41-15-13-37)32(40)38-19-26(20-38)22-4-6-23(7-5-22)27-10-11-34-18-28(27)33/h2-11,16-18,26H,12-15,19-20,33H2,1H3,(H,36,39). The van der Waals surface area contributed by atoms with Crippen LogP contribution in [-0.2, 0) is 4.74 Å². The molecule has 2 aromatic heterocycles. The van der Waals surface area contributed by atoms with Gasteiger partial charge in [-0.05, 0) is 53.9 Å². The number of nitrogens with one attached hydrogen (secondary N) is 1. The summed E-state index contributed by atoms with van der Waals surface area (Å²) in [5.41, 5.74) is 12.4. The number of likely N-dealkylation sites (tertiary alicyclic amines) is 1. The molecule has 4 heterocycles. The Balaban J connectivity index is 1.07. The molecule has 0 atom stereocenters. The molecular weight excluding hydrogens is 516 g/mol. The van der Waals surface area contributed by atoms with Crippen molar-refractivity contribution in [1.29, 1.82) is 0 Å². The van der Waals surface area contributed by atoms with Crippen LogP contribution in [-0.4, -0.2) is 66.1 Å². The van der Waals surface area contributed by atoms with Crippen LogP contribution >= 0.6 is 0 Å². The lowest BCUT2D eigenvalue weighted by molar-refractivity contribution is 0.0602. The quantitative estimate of drug-likeness (QED) is 0.368. The fraction of sp³-hybridized carbons (Fsp3) is 0.250. The van der Waals surface area contributed by atoms with E-state index in [0.29, 0.717) is 48.8 Å². The minimum atomic E-state index is -0.264. The molecule has 0 saturated carbocycles. The van der Waals surface area contributed by atoms with E-state index in [-0.39, 0.29) is 17.7 Å². The van der Waals surface area contributed by atoms with Gasteiger partial charge >= 0.3 is 0 Å². The number of ether oxygens (including phenoxy) is 1. The summed E-state index contributed by atoms with van der Waals surface area (Å²) in [6.07, 6.45) is 4.98. The van der Waals surface area contributed by atoms with Gasteiger partial charge in [-0.2, -0.15) is 0 Å². The number of hydrogen-bond acceptors (Lipinski definition) is 7. The average molecular weight is 549 g/mol. The van der Waals surface area contributed by atoms with E-state index in [1.165, 1.54) is 5.56 Å². The van der Waals surface area contributed by atoms with Crippen molar-refractivity contribution in [2.75, 3.05) is 55.3 Å². The van der Waals surface area contributed by atoms with Crippen LogP contribution in [0.1, 0.15) is 37.8 Å². The molecule has 9 nitrogen and oxygen atoms in total. The van der Waals surface area contributed by atoms with E-state index in [2.05, 4.69) is 44.5 Å². The second-order valence-electron chi connectivity index (χ2n) is 10.5. The molecule has 0 aliphatic carbocycles. The highest BCUT2D eigenvalue weighted by Gasteiger charge is 2.32. The molecule has 0 bridgehead atoms. The molecule has 0 radical (unpaired) electrons. The van der Waals surface area contributed by atoms with Crippen LogP contribution in [0.5, 0.6) is 0 Å². The van der Waals surface area contributed by atoms with Crippen molar-refractivity contribution in [3.8, 4) is 11.1 Å². The third-order valence-electron chi connectivity index (χ3n) is 7.79. The molecule has 2 aliphatic heterocycles. The number of nitrogens with zero attached hydrogens (tertiary/aromatic N) is 4. The largest absolute Gasteiger partial charge is 0.397 e. The van der Waals surface area contributed by atoms with Crippen molar-refractivity contribution in [2.24, 2.45) is 0 Å². The molecule has 3 N–H and O–H groups in total. The second kappa shape index (κ2) is 11.4. The van der Waals surface area contributed by atoms with Crippen LogP contribution in [0, 0.1) is 6.92 Å². The van der Waals surface area contributed by atoms with Crippen LogP contribution in [0.2, 0.25) is 0 Å². The summed E-state index contributed by atoms with van der Waals surface area (Å²) in [5, 5.41) is 2.96. The van der Waals surface area contributed by atoms with Gasteiger partial charge in [0, 0.05) is 61.3 Å². The van der Waals surface area contributed by atoms with Crippen molar-refractivity contribution in [2.45, 2.75) is 12.8 Å². The number of carbonyl (C=O) groups is 2. The summed E-state index contributed by atoms with van der Waals surface area (Å²) in [7, 11) is 0. The number of aryl methyl sites for hydroxylation is 1. The summed E-state index contributed by atoms with van der Waals surface area (Å²) in [6, 6.07) is 19.3. The molecular formula is C32H32N6O3. The van der Waals surface area contributed by atoms with Gasteiger partial charge < -0.3 is 25.6 Å². The molecule has 2 fully saturated rings. The first-order chi connectivity index (χ1) is 20.0. The van der Waals surface area contributed by atoms with Gasteiger partial charge in [0.15, 0.2) is 0 Å². The molecule has 0 unspecified atom stereocenters. The Hall–Kier alpha value is -4.76. The van der Waals surface area contributed by atoms with Gasteiger partial charge in [-0.1, -0.05) is 30.3 Å². The van der Waals surface area contributed by atoms with Gasteiger partial charge in [0.05, 0.1) is 30.7 Å². The molecule has 2 aromatic carbocycles. The molecule has 2 saturated heterocycles. The lowest BCUT2D eigenvalue weighted by Gasteiger charge is -2.39. The lowest BCUT2D eigenvalue weighted by atomic mass is 9.89. The number of morpholine rings is 1. The number of benzene rings is 2. The van der Waals surface area contributed by atoms with Crippen LogP contribution in [0.15, 0.2) is 79.3 Å². The second-order valence-corrected chi connectivity index (χ2v) is 10.5. The zero-order valence-electron chi connectivity index (χ0n) is 22.9. The number of aromatic nitrogens is 2. The Labute approximate surface area is 239 Å². The third kappa shape index (κ3) is 5.62. The van der Waals surface area contributed by atoms with E-state index < -0.39 is 0 Å². The van der Waals surface area contributed by atoms with Crippen molar-refractivity contribution in [3.05, 3.63) is 102 Å². The third-order valence-corrected chi connectivity index (χ3v) is 7.79. The van der Waals surface area contributed by atoms with E-state index in [1.807, 2.05) is 36.1 Å². The molecule has 6 rings (SSSR count). The highest BCUT2D eigenvalue weighted by molar-refractivity contribution is 6.05. The predicted molar refractivity (Wildman–Crippen MR) is 159 cm³/mol. The lowest BCUT2D eigenvalue weighted by Crippen LogP contribution is -2.48. The van der Waals surface area contributed by atoms with Crippen LogP contribution in [0.4, 0.5) is 17.2 Å². The van der Waals surface area contributed by atoms with Gasteiger partial charge in [-0.25, -0.2) is 4.98 Å². The number of amides is 2. The van der Waals surface area contributed by atoms with Crippen LogP contribution in [0.25, 0.3) is 11.1 Å². The topological polar surface area (TPSA) is 114 Å². The van der Waals surface area contributed by atoms with E-state index in [4.69, 9.17) is 10.5 Å². The van der Waals surface area contributed by atoms with E-state index in [1.54, 1.807) is 30.7 Å². The minimum Gasteiger partial charge on any atom is -0.397 e. The monoisotopic (exact) mass is 548 g/mol. The van der Waals surface area contributed by atoms with Gasteiger partial charge in [0.1, 0.15) is 5.82 Å². The Morgan fingerprint density at radius 2 is 1.71 bits per heavy atom. The summed E-state index contributed by atoms with van der Waals surface area (Å²) >= 11 is 0. The summed E-state index contributed by atoms with van der Waals surface area (Å²) < 4.78 is 5.39. The Morgan fingerprint density at radius 1 is 0.951 bits per heavy atom. The smallest absolute Gasteiger partial charge is 0.257 e. The molecule has 0 spiro atoms. The first-order valence-corrected chi connectivity index (χ1v) is 13.8. The molecule has 2 amide bonds. The number of rotatable bonds is 6. The molecule has 9 heteroatoms. The number of pyridine rings is 2. The highest BCUT2D eigenvalue weighted by atomic mass is 16.5. The minimum absolute atomic E-state index is 0.0468. The predicted octanol–water partition coefficient (Wildman–Crippen LogP) is 4.36. The SMILES string of the molecule is Cc1ccc(C(=O)N2CC(c3ccc(-c4ccncc4N)cc3)C2)cc1NC(=O)c1ccc(N2CCOCC2)nc1. The van der Waals surface area contributed by atoms with Crippen molar-refractivity contribution >= 4 is 29.0 Å². The maximum absolute atomic E-state index is 13.3. The fourth-order valence-corrected chi connectivity index (χ4v) is 5.23. The number of nitrogen functional groups attached to an aromatic ring is 1. The van der Waals surface area contributed by atoms with Crippen molar-refractivity contribution in [3.63, 3.8) is 0 Å². The van der Waals surface area contributed by atoms with Gasteiger partial charge in [-0.3, -0.25) is 14.6 Å². The van der Waals surface area contributed by atoms with E-state index in [0.717, 1.165) is 35.6 Å². The molecule has 208 valence electrons. The average Bonchev–Trinajstić information content (AvgIpc) is 2.98. The van der Waals surface area contributed by atoms with Gasteiger partial charge in [-0.15, -0.1) is 0 Å². The van der Waals surface area contributed by atoms with Crippen LogP contribution < -0.4 is 16.0 Å². The summed E-state index contributed by atoms with van der Waals surface area (Å²) in [6.45, 7) is 6.11. The normalized spacial score (nSPS) is 15.3. The fourth-order valence-electron chi connectivity index (χ4n) is 5.23. The van der Waals surface area contributed by atoms with E-state index in [9.17, 15) is 9.59 Å². The maximum Gasteiger partial charge on any atom is 0.257 e. The number of anilines is 3. The molecule has 4 aromatic rings. The first-order valence-electron chi connectivity index (χ1n) is 13.8. The Bertz CT molecular complexity index is 1560. The Kier molecular flexibility index (Phi) is 7.35. The van der Waals surface area contributed by atoms with E-state index >= 15 is 0 Å². The van der Waals surface area contributed by atoms with Crippen LogP contribution in [0.3, 0.4) is 0 Å². The Morgan fingerprint density at radius 3 is 2.41 bits per heavy atom. The number of hydrogen-bond donors (Lipinski definition) is 2. The van der Waals surface area contributed by atoms with Gasteiger partial charge in [0.2, 0.25) is 0 Å². The van der Waals surface area contributed by atoms with Gasteiger partial charge in [0.25, 0.3) is 11.8 Å². The molecule has 2 aliphatic rings. The summed E-state index contributed by atoms with van der Waals surface area (Å²) in [4.78, 5) is 38.7. The number of carbonyl (C=O) groups excluding carboxylic acids is 2. The highest BCUT2D eigenvalue weighted by Crippen LogP contribution is 2.32. The van der Waals surface area contributed by atoms with Crippen molar-refractivity contribution < 1.29 is 14.3 Å². The maximum atomic E-state index is 13.3. The zero-order chi connectivity index (χ0) is 28.3. The molecule has 41 heavy (non-hydrogen) atoms.